The van der Waals surface area contributed by atoms with Crippen LogP contribution in [0.15, 0.2) is 5.38 Å². The summed E-state index contributed by atoms with van der Waals surface area (Å²) in [6.07, 6.45) is 0.141. The van der Waals surface area contributed by atoms with Gasteiger partial charge in [-0.15, -0.1) is 11.3 Å². The van der Waals surface area contributed by atoms with Gasteiger partial charge < -0.3 is 14.7 Å². The highest BCUT2D eigenvalue weighted by molar-refractivity contribution is 7.09. The molecule has 104 valence electrons. The summed E-state index contributed by atoms with van der Waals surface area (Å²) in [6.45, 7) is 3.08. The maximum absolute atomic E-state index is 12.2. The summed E-state index contributed by atoms with van der Waals surface area (Å²) in [5.74, 6) is -1.00. The second kappa shape index (κ2) is 6.12. The Kier molecular flexibility index (Phi) is 4.49. The molecule has 1 aromatic rings. The smallest absolute Gasteiger partial charge is 0.305 e. The zero-order chi connectivity index (χ0) is 13.8. The number of rotatable bonds is 4. The zero-order valence-electron chi connectivity index (χ0n) is 10.7. The molecule has 6 nitrogen and oxygen atoms in total. The SMILES string of the molecule is Cc1nc(CC(=O)N2CCOC[C@@H]2CC(=O)O)cs1. The fourth-order valence-electron chi connectivity index (χ4n) is 2.10. The Balaban J connectivity index is 2.00. The number of aryl methyl sites for hydroxylation is 1. The van der Waals surface area contributed by atoms with Crippen LogP contribution in [0, 0.1) is 6.92 Å². The van der Waals surface area contributed by atoms with Crippen molar-refractivity contribution in [3.63, 3.8) is 0 Å². The minimum absolute atomic E-state index is 0.0815. The van der Waals surface area contributed by atoms with Crippen molar-refractivity contribution in [3.8, 4) is 0 Å². The van der Waals surface area contributed by atoms with Gasteiger partial charge >= 0.3 is 5.97 Å². The summed E-state index contributed by atoms with van der Waals surface area (Å²) >= 11 is 1.50. The number of hydrogen-bond acceptors (Lipinski definition) is 5. The molecule has 1 aliphatic heterocycles. The van der Waals surface area contributed by atoms with E-state index in [1.807, 2.05) is 12.3 Å². The van der Waals surface area contributed by atoms with E-state index in [0.29, 0.717) is 13.2 Å². The molecule has 0 bridgehead atoms. The van der Waals surface area contributed by atoms with Gasteiger partial charge in [-0.2, -0.15) is 0 Å². The first-order valence-corrected chi connectivity index (χ1v) is 6.94. The number of morpholine rings is 1. The van der Waals surface area contributed by atoms with Crippen LogP contribution in [-0.2, 0) is 20.7 Å². The van der Waals surface area contributed by atoms with Crippen LogP contribution in [0.3, 0.4) is 0 Å². The fraction of sp³-hybridized carbons (Fsp3) is 0.583. The van der Waals surface area contributed by atoms with Gasteiger partial charge in [0.25, 0.3) is 0 Å². The van der Waals surface area contributed by atoms with Gasteiger partial charge in [0.2, 0.25) is 5.91 Å². The highest BCUT2D eigenvalue weighted by atomic mass is 32.1. The molecule has 0 aromatic carbocycles. The lowest BCUT2D eigenvalue weighted by atomic mass is 10.1. The maximum atomic E-state index is 12.2. The highest BCUT2D eigenvalue weighted by Crippen LogP contribution is 2.14. The molecule has 2 heterocycles. The molecule has 2 rings (SSSR count). The number of hydrogen-bond donors (Lipinski definition) is 1. The molecule has 7 heteroatoms. The number of carbonyl (C=O) groups is 2. The predicted octanol–water partition coefficient (Wildman–Crippen LogP) is 0.696. The lowest BCUT2D eigenvalue weighted by molar-refractivity contribution is -0.145. The molecule has 1 amide bonds. The van der Waals surface area contributed by atoms with Crippen LogP contribution in [0.4, 0.5) is 0 Å². The molecule has 1 saturated heterocycles. The summed E-state index contributed by atoms with van der Waals surface area (Å²) in [4.78, 5) is 28.9. The predicted molar refractivity (Wildman–Crippen MR) is 69.1 cm³/mol. The van der Waals surface area contributed by atoms with Gasteiger partial charge in [0.05, 0.1) is 42.8 Å². The van der Waals surface area contributed by atoms with Gasteiger partial charge in [-0.3, -0.25) is 9.59 Å². The number of carboxylic acid groups (broad SMARTS) is 1. The van der Waals surface area contributed by atoms with E-state index in [-0.39, 0.29) is 31.4 Å². The number of aliphatic carboxylic acids is 1. The number of nitrogens with zero attached hydrogens (tertiary/aromatic N) is 2. The van der Waals surface area contributed by atoms with Crippen molar-refractivity contribution in [2.24, 2.45) is 0 Å². The van der Waals surface area contributed by atoms with Crippen molar-refractivity contribution in [1.82, 2.24) is 9.88 Å². The third kappa shape index (κ3) is 3.74. The second-order valence-corrected chi connectivity index (χ2v) is 5.51. The maximum Gasteiger partial charge on any atom is 0.305 e. The molecule has 1 atom stereocenters. The Morgan fingerprint density at radius 3 is 3.05 bits per heavy atom. The van der Waals surface area contributed by atoms with Gasteiger partial charge in [0.1, 0.15) is 0 Å². The monoisotopic (exact) mass is 284 g/mol. The van der Waals surface area contributed by atoms with Crippen molar-refractivity contribution in [1.29, 1.82) is 0 Å². The van der Waals surface area contributed by atoms with Crippen molar-refractivity contribution in [2.45, 2.75) is 25.8 Å². The molecule has 0 radical (unpaired) electrons. The minimum atomic E-state index is -0.919. The third-order valence-electron chi connectivity index (χ3n) is 2.96. The topological polar surface area (TPSA) is 79.7 Å². The van der Waals surface area contributed by atoms with E-state index in [0.717, 1.165) is 10.7 Å². The van der Waals surface area contributed by atoms with E-state index >= 15 is 0 Å². The van der Waals surface area contributed by atoms with E-state index in [1.54, 1.807) is 4.90 Å². The molecule has 1 aromatic heterocycles. The molecule has 0 saturated carbocycles. The first-order valence-electron chi connectivity index (χ1n) is 6.06. The second-order valence-electron chi connectivity index (χ2n) is 4.45. The highest BCUT2D eigenvalue weighted by Gasteiger charge is 2.29. The van der Waals surface area contributed by atoms with E-state index in [1.165, 1.54) is 11.3 Å². The summed E-state index contributed by atoms with van der Waals surface area (Å²) in [7, 11) is 0. The number of amides is 1. The lowest BCUT2D eigenvalue weighted by Gasteiger charge is -2.34. The average molecular weight is 284 g/mol. The Morgan fingerprint density at radius 2 is 2.42 bits per heavy atom. The third-order valence-corrected chi connectivity index (χ3v) is 3.78. The Hall–Kier alpha value is -1.47. The van der Waals surface area contributed by atoms with E-state index in [2.05, 4.69) is 4.98 Å². The molecule has 1 aliphatic rings. The van der Waals surface area contributed by atoms with Crippen LogP contribution in [0.1, 0.15) is 17.1 Å². The molecule has 0 aliphatic carbocycles. The molecule has 19 heavy (non-hydrogen) atoms. The number of carboxylic acids is 1. The molecular weight excluding hydrogens is 268 g/mol. The van der Waals surface area contributed by atoms with Crippen molar-refractivity contribution in [2.75, 3.05) is 19.8 Å². The minimum Gasteiger partial charge on any atom is -0.481 e. The molecule has 1 N–H and O–H groups in total. The fourth-order valence-corrected chi connectivity index (χ4v) is 2.71. The molecule has 1 fully saturated rings. The zero-order valence-corrected chi connectivity index (χ0v) is 11.5. The van der Waals surface area contributed by atoms with Crippen molar-refractivity contribution in [3.05, 3.63) is 16.1 Å². The van der Waals surface area contributed by atoms with Crippen LogP contribution in [0.2, 0.25) is 0 Å². The average Bonchev–Trinajstić information content (AvgIpc) is 2.74. The number of thiazole rings is 1. The van der Waals surface area contributed by atoms with Crippen molar-refractivity contribution < 1.29 is 19.4 Å². The Labute approximate surface area is 115 Å². The molecule has 0 spiro atoms. The Morgan fingerprint density at radius 1 is 1.63 bits per heavy atom. The summed E-state index contributed by atoms with van der Waals surface area (Å²) in [5, 5.41) is 11.6. The van der Waals surface area contributed by atoms with E-state index in [4.69, 9.17) is 9.84 Å². The van der Waals surface area contributed by atoms with Gasteiger partial charge in [-0.25, -0.2) is 4.98 Å². The van der Waals surface area contributed by atoms with Crippen molar-refractivity contribution >= 4 is 23.2 Å². The van der Waals surface area contributed by atoms with Crippen LogP contribution in [0.5, 0.6) is 0 Å². The standard InChI is InChI=1S/C12H16N2O4S/c1-8-13-9(7-19-8)4-11(15)14-2-3-18-6-10(14)5-12(16)17/h7,10H,2-6H2,1H3,(H,16,17)/t10-/m0/s1. The van der Waals surface area contributed by atoms with Gasteiger partial charge in [0.15, 0.2) is 0 Å². The summed E-state index contributed by atoms with van der Waals surface area (Å²) in [5.41, 5.74) is 0.744. The first-order chi connectivity index (χ1) is 9.06. The number of ether oxygens (including phenoxy) is 1. The first kappa shape index (κ1) is 14.0. The quantitative estimate of drug-likeness (QED) is 0.880. The number of aromatic nitrogens is 1. The number of carbonyl (C=O) groups excluding carboxylic acids is 1. The van der Waals surface area contributed by atoms with Crippen LogP contribution < -0.4 is 0 Å². The molecule has 0 unspecified atom stereocenters. The summed E-state index contributed by atoms with van der Waals surface area (Å²) < 4.78 is 5.25. The van der Waals surface area contributed by atoms with Gasteiger partial charge in [-0.05, 0) is 6.92 Å². The largest absolute Gasteiger partial charge is 0.481 e. The van der Waals surface area contributed by atoms with Crippen LogP contribution in [0.25, 0.3) is 0 Å². The van der Waals surface area contributed by atoms with E-state index in [9.17, 15) is 9.59 Å². The normalized spacial score (nSPS) is 19.4. The van der Waals surface area contributed by atoms with Crippen LogP contribution in [-0.4, -0.2) is 52.7 Å². The molecular formula is C12H16N2O4S. The van der Waals surface area contributed by atoms with Crippen LogP contribution >= 0.6 is 11.3 Å². The summed E-state index contributed by atoms with van der Waals surface area (Å²) in [6, 6.07) is -0.376. The lowest BCUT2D eigenvalue weighted by Crippen LogP contribution is -2.50. The van der Waals surface area contributed by atoms with Gasteiger partial charge in [0, 0.05) is 11.9 Å². The van der Waals surface area contributed by atoms with E-state index < -0.39 is 5.97 Å². The Bertz CT molecular complexity index is 474. The van der Waals surface area contributed by atoms with Gasteiger partial charge in [-0.1, -0.05) is 0 Å².